The summed E-state index contributed by atoms with van der Waals surface area (Å²) in [5, 5.41) is 0. The van der Waals surface area contributed by atoms with Gasteiger partial charge in [0.2, 0.25) is 0 Å². The molecule has 2 heteroatoms. The van der Waals surface area contributed by atoms with Gasteiger partial charge in [-0.15, -0.1) is 0 Å². The van der Waals surface area contributed by atoms with Gasteiger partial charge in [0.1, 0.15) is 0 Å². The van der Waals surface area contributed by atoms with Gasteiger partial charge in [0.25, 0.3) is 0 Å². The first-order chi connectivity index (χ1) is 5.84. The molecule has 0 amide bonds. The van der Waals surface area contributed by atoms with Crippen LogP contribution in [0.15, 0.2) is 42.5 Å². The van der Waals surface area contributed by atoms with Crippen LogP contribution in [-0.4, -0.2) is 6.54 Å². The highest BCUT2D eigenvalue weighted by Crippen LogP contribution is 2.14. The van der Waals surface area contributed by atoms with E-state index in [1.54, 1.807) is 4.42 Å². The van der Waals surface area contributed by atoms with Gasteiger partial charge in [-0.25, -0.2) is 0 Å². The van der Waals surface area contributed by atoms with Crippen LogP contribution in [0.4, 0.5) is 5.69 Å². The molecular formula is C10H12ClN. The molecule has 0 radical (unpaired) electrons. The minimum Gasteiger partial charge on any atom is -0.281 e. The lowest BCUT2D eigenvalue weighted by atomic mass is 10.3. The number of benzene rings is 1. The van der Waals surface area contributed by atoms with Gasteiger partial charge in [-0.2, -0.15) is 0 Å². The van der Waals surface area contributed by atoms with Crippen molar-refractivity contribution in [2.75, 3.05) is 11.0 Å². The molecule has 64 valence electrons. The molecular weight excluding hydrogens is 170 g/mol. The molecule has 0 heterocycles. The quantitative estimate of drug-likeness (QED) is 0.511. The molecule has 0 aliphatic heterocycles. The molecule has 1 aromatic carbocycles. The van der Waals surface area contributed by atoms with Crippen molar-refractivity contribution in [3.8, 4) is 0 Å². The number of anilines is 1. The summed E-state index contributed by atoms with van der Waals surface area (Å²) in [5.74, 6) is 0. The summed E-state index contributed by atoms with van der Waals surface area (Å²) >= 11 is 5.97. The number of hydrogen-bond donors (Lipinski definition) is 0. The number of rotatable bonds is 3. The van der Waals surface area contributed by atoms with Gasteiger partial charge in [-0.05, 0) is 19.1 Å². The van der Waals surface area contributed by atoms with Gasteiger partial charge in [-0.1, -0.05) is 30.4 Å². The summed E-state index contributed by atoms with van der Waals surface area (Å²) in [6.45, 7) is 2.72. The van der Waals surface area contributed by atoms with Crippen molar-refractivity contribution in [3.63, 3.8) is 0 Å². The molecule has 1 rings (SSSR count). The highest BCUT2D eigenvalue weighted by molar-refractivity contribution is 6.25. The van der Waals surface area contributed by atoms with Gasteiger partial charge >= 0.3 is 0 Å². The summed E-state index contributed by atoms with van der Waals surface area (Å²) in [6.07, 6.45) is 4.00. The molecule has 0 saturated heterocycles. The van der Waals surface area contributed by atoms with E-state index >= 15 is 0 Å². The molecule has 1 aromatic rings. The van der Waals surface area contributed by atoms with E-state index < -0.39 is 0 Å². The zero-order valence-electron chi connectivity index (χ0n) is 7.07. The molecule has 0 saturated carbocycles. The number of hydrogen-bond acceptors (Lipinski definition) is 1. The van der Waals surface area contributed by atoms with Crippen LogP contribution in [0.1, 0.15) is 6.92 Å². The standard InChI is InChI=1S/C10H12ClN/c1-2-3-9-12(11)10-7-5-4-6-8-10/h2-8H,9H2,1H3. The highest BCUT2D eigenvalue weighted by atomic mass is 35.5. The zero-order chi connectivity index (χ0) is 8.81. The van der Waals surface area contributed by atoms with E-state index in [0.717, 1.165) is 12.2 Å². The summed E-state index contributed by atoms with van der Waals surface area (Å²) in [5.41, 5.74) is 1.03. The predicted octanol–water partition coefficient (Wildman–Crippen LogP) is 3.22. The SMILES string of the molecule is CC=CCN(Cl)c1ccccc1. The maximum absolute atomic E-state index is 5.97. The van der Waals surface area contributed by atoms with E-state index in [1.807, 2.05) is 49.4 Å². The summed E-state index contributed by atoms with van der Waals surface area (Å²) in [7, 11) is 0. The van der Waals surface area contributed by atoms with Crippen LogP contribution < -0.4 is 4.42 Å². The first kappa shape index (κ1) is 9.14. The van der Waals surface area contributed by atoms with Crippen molar-refractivity contribution in [3.05, 3.63) is 42.5 Å². The fourth-order valence-corrected chi connectivity index (χ4v) is 1.09. The Bertz CT molecular complexity index is 243. The van der Waals surface area contributed by atoms with E-state index in [2.05, 4.69) is 0 Å². The zero-order valence-corrected chi connectivity index (χ0v) is 7.83. The number of para-hydroxylation sites is 1. The Morgan fingerprint density at radius 3 is 2.58 bits per heavy atom. The Balaban J connectivity index is 2.59. The van der Waals surface area contributed by atoms with Crippen molar-refractivity contribution < 1.29 is 0 Å². The minimum atomic E-state index is 0.738. The Hall–Kier alpha value is -0.950. The van der Waals surface area contributed by atoms with Crippen molar-refractivity contribution in [2.45, 2.75) is 6.92 Å². The minimum absolute atomic E-state index is 0.738. The second-order valence-electron chi connectivity index (χ2n) is 2.45. The fourth-order valence-electron chi connectivity index (χ4n) is 0.893. The third-order valence-electron chi connectivity index (χ3n) is 1.54. The Kier molecular flexibility index (Phi) is 3.68. The van der Waals surface area contributed by atoms with Crippen LogP contribution in [0.25, 0.3) is 0 Å². The van der Waals surface area contributed by atoms with Crippen LogP contribution in [0.2, 0.25) is 0 Å². The maximum Gasteiger partial charge on any atom is 0.0530 e. The van der Waals surface area contributed by atoms with Crippen LogP contribution in [0.3, 0.4) is 0 Å². The van der Waals surface area contributed by atoms with E-state index in [0.29, 0.717) is 0 Å². The molecule has 0 aliphatic rings. The molecule has 0 N–H and O–H groups in total. The van der Waals surface area contributed by atoms with Crippen molar-refractivity contribution in [1.82, 2.24) is 0 Å². The van der Waals surface area contributed by atoms with E-state index in [4.69, 9.17) is 11.8 Å². The van der Waals surface area contributed by atoms with Gasteiger partial charge in [0.05, 0.1) is 12.2 Å². The highest BCUT2D eigenvalue weighted by Gasteiger charge is 1.97. The number of nitrogens with zero attached hydrogens (tertiary/aromatic N) is 1. The Morgan fingerprint density at radius 1 is 1.33 bits per heavy atom. The maximum atomic E-state index is 5.97. The van der Waals surface area contributed by atoms with E-state index in [9.17, 15) is 0 Å². The molecule has 1 nitrogen and oxygen atoms in total. The first-order valence-corrected chi connectivity index (χ1v) is 4.28. The van der Waals surface area contributed by atoms with E-state index in [-0.39, 0.29) is 0 Å². The molecule has 0 atom stereocenters. The molecule has 0 unspecified atom stereocenters. The average Bonchev–Trinajstić information content (AvgIpc) is 2.15. The van der Waals surface area contributed by atoms with Crippen LogP contribution >= 0.6 is 11.8 Å². The van der Waals surface area contributed by atoms with Crippen LogP contribution in [-0.2, 0) is 0 Å². The van der Waals surface area contributed by atoms with Crippen LogP contribution in [0.5, 0.6) is 0 Å². The van der Waals surface area contributed by atoms with Gasteiger partial charge in [0.15, 0.2) is 0 Å². The Morgan fingerprint density at radius 2 is 2.00 bits per heavy atom. The molecule has 0 aromatic heterocycles. The molecule has 0 bridgehead atoms. The third-order valence-corrected chi connectivity index (χ3v) is 1.87. The Labute approximate surface area is 78.4 Å². The first-order valence-electron chi connectivity index (χ1n) is 3.94. The molecule has 0 fully saturated rings. The van der Waals surface area contributed by atoms with Gasteiger partial charge in [0, 0.05) is 11.8 Å². The smallest absolute Gasteiger partial charge is 0.0530 e. The fraction of sp³-hybridized carbons (Fsp3) is 0.200. The average molecular weight is 182 g/mol. The van der Waals surface area contributed by atoms with Crippen molar-refractivity contribution in [2.24, 2.45) is 0 Å². The van der Waals surface area contributed by atoms with Crippen molar-refractivity contribution >= 4 is 17.5 Å². The lowest BCUT2D eigenvalue weighted by Gasteiger charge is -2.12. The monoisotopic (exact) mass is 181 g/mol. The lowest BCUT2D eigenvalue weighted by molar-refractivity contribution is 1.19. The number of allylic oxidation sites excluding steroid dienone is 1. The molecule has 0 spiro atoms. The second kappa shape index (κ2) is 4.83. The largest absolute Gasteiger partial charge is 0.281 e. The predicted molar refractivity (Wildman–Crippen MR) is 54.5 cm³/mol. The number of halogens is 1. The normalized spacial score (nSPS) is 10.5. The summed E-state index contributed by atoms with van der Waals surface area (Å²) in [6, 6.07) is 9.89. The van der Waals surface area contributed by atoms with Gasteiger partial charge < -0.3 is 0 Å². The topological polar surface area (TPSA) is 3.24 Å². The van der Waals surface area contributed by atoms with Gasteiger partial charge in [-0.3, -0.25) is 4.42 Å². The van der Waals surface area contributed by atoms with Crippen LogP contribution in [0, 0.1) is 0 Å². The van der Waals surface area contributed by atoms with Crippen molar-refractivity contribution in [1.29, 1.82) is 0 Å². The molecule has 12 heavy (non-hydrogen) atoms. The summed E-state index contributed by atoms with van der Waals surface area (Å²) in [4.78, 5) is 0. The summed E-state index contributed by atoms with van der Waals surface area (Å²) < 4.78 is 1.68. The lowest BCUT2D eigenvalue weighted by Crippen LogP contribution is -2.08. The second-order valence-corrected chi connectivity index (χ2v) is 2.86. The van der Waals surface area contributed by atoms with E-state index in [1.165, 1.54) is 0 Å². The molecule has 0 aliphatic carbocycles. The third kappa shape index (κ3) is 2.59.